The lowest BCUT2D eigenvalue weighted by molar-refractivity contribution is -0.157. The second-order valence-corrected chi connectivity index (χ2v) is 8.19. The molecular weight excluding hydrogens is 393 g/mol. The third-order valence-electron chi connectivity index (χ3n) is 6.52. The van der Waals surface area contributed by atoms with Gasteiger partial charge in [0.2, 0.25) is 11.8 Å². The van der Waals surface area contributed by atoms with E-state index in [-0.39, 0.29) is 12.1 Å². The van der Waals surface area contributed by atoms with E-state index < -0.39 is 64.4 Å². The van der Waals surface area contributed by atoms with E-state index in [1.807, 2.05) is 0 Å². The number of alkyl halides is 3. The van der Waals surface area contributed by atoms with Gasteiger partial charge in [-0.1, -0.05) is 0 Å². The van der Waals surface area contributed by atoms with Crippen molar-refractivity contribution in [1.29, 1.82) is 5.26 Å². The van der Waals surface area contributed by atoms with E-state index in [2.05, 4.69) is 0 Å². The van der Waals surface area contributed by atoms with Crippen molar-refractivity contribution in [2.75, 3.05) is 11.5 Å². The van der Waals surface area contributed by atoms with Gasteiger partial charge in [-0.2, -0.15) is 18.4 Å². The number of imide groups is 1. The monoisotopic (exact) mass is 410 g/mol. The summed E-state index contributed by atoms with van der Waals surface area (Å²) in [5, 5.41) is 29.4. The third kappa shape index (κ3) is 2.29. The summed E-state index contributed by atoms with van der Waals surface area (Å²) in [6.45, 7) is 2.27. The van der Waals surface area contributed by atoms with E-state index in [0.29, 0.717) is 11.0 Å². The average molecular weight is 410 g/mol. The van der Waals surface area contributed by atoms with Crippen LogP contribution in [0.1, 0.15) is 31.4 Å². The quantitative estimate of drug-likeness (QED) is 0.713. The molecule has 154 valence electrons. The molecule has 7 nitrogen and oxygen atoms in total. The normalized spacial score (nSPS) is 38.5. The van der Waals surface area contributed by atoms with Crippen LogP contribution in [-0.4, -0.2) is 45.4 Å². The first kappa shape index (κ1) is 19.8. The number of nitriles is 1. The van der Waals surface area contributed by atoms with Crippen LogP contribution in [0.25, 0.3) is 0 Å². The summed E-state index contributed by atoms with van der Waals surface area (Å²) in [5.41, 5.74) is -6.77. The van der Waals surface area contributed by atoms with Gasteiger partial charge in [-0.15, -0.1) is 0 Å². The number of halogens is 3. The molecule has 1 aromatic rings. The topological polar surface area (TPSA) is 111 Å². The zero-order chi connectivity index (χ0) is 21.6. The molecule has 0 spiro atoms. The molecule has 3 aliphatic heterocycles. The maximum Gasteiger partial charge on any atom is 0.417 e. The van der Waals surface area contributed by atoms with Gasteiger partial charge >= 0.3 is 6.18 Å². The zero-order valence-electron chi connectivity index (χ0n) is 15.4. The molecule has 2 bridgehead atoms. The number of aliphatic hydroxyl groups excluding tert-OH is 1. The first-order valence-electron chi connectivity index (χ1n) is 8.85. The van der Waals surface area contributed by atoms with Crippen LogP contribution in [0.2, 0.25) is 0 Å². The summed E-state index contributed by atoms with van der Waals surface area (Å²) in [6.07, 6.45) is -4.94. The fourth-order valence-electron chi connectivity index (χ4n) is 5.21. The molecule has 1 aromatic carbocycles. The number of rotatable bonds is 2. The van der Waals surface area contributed by atoms with Crippen molar-refractivity contribution in [3.63, 3.8) is 0 Å². The Morgan fingerprint density at radius 1 is 1.28 bits per heavy atom. The van der Waals surface area contributed by atoms with Crippen molar-refractivity contribution in [2.24, 2.45) is 11.8 Å². The summed E-state index contributed by atoms with van der Waals surface area (Å²) in [4.78, 5) is 26.9. The Balaban J connectivity index is 1.82. The number of aliphatic hydroxyl groups is 2. The van der Waals surface area contributed by atoms with Crippen LogP contribution in [-0.2, 0) is 20.5 Å². The van der Waals surface area contributed by atoms with Gasteiger partial charge in [-0.25, -0.2) is 4.90 Å². The van der Waals surface area contributed by atoms with Crippen LogP contribution < -0.4 is 4.90 Å². The van der Waals surface area contributed by atoms with Crippen molar-refractivity contribution >= 4 is 17.5 Å². The Morgan fingerprint density at radius 2 is 1.90 bits per heavy atom. The zero-order valence-corrected chi connectivity index (χ0v) is 15.4. The molecule has 0 saturated carbocycles. The molecule has 2 unspecified atom stereocenters. The molecule has 3 aliphatic rings. The van der Waals surface area contributed by atoms with Crippen LogP contribution in [0, 0.1) is 23.2 Å². The summed E-state index contributed by atoms with van der Waals surface area (Å²) in [6, 6.07) is 4.06. The number of benzene rings is 1. The number of carbonyl (C=O) groups is 2. The van der Waals surface area contributed by atoms with E-state index in [1.165, 1.54) is 19.9 Å². The van der Waals surface area contributed by atoms with Gasteiger partial charge in [0.15, 0.2) is 0 Å². The van der Waals surface area contributed by atoms with Crippen LogP contribution in [0.3, 0.4) is 0 Å². The molecular formula is C19H17F3N2O5. The Kier molecular flexibility index (Phi) is 3.80. The third-order valence-corrected chi connectivity index (χ3v) is 6.52. The molecule has 2 amide bonds. The average Bonchev–Trinajstić information content (AvgIpc) is 3.13. The van der Waals surface area contributed by atoms with Gasteiger partial charge in [-0.05, 0) is 32.0 Å². The lowest BCUT2D eigenvalue weighted by atomic mass is 9.61. The van der Waals surface area contributed by atoms with Gasteiger partial charge in [0.1, 0.15) is 11.2 Å². The first-order chi connectivity index (χ1) is 13.3. The minimum Gasteiger partial charge on any atom is -0.393 e. The largest absolute Gasteiger partial charge is 0.417 e. The molecule has 0 aliphatic carbocycles. The number of nitrogens with zero attached hydrogens (tertiary/aromatic N) is 2. The predicted octanol–water partition coefficient (Wildman–Crippen LogP) is 1.36. The van der Waals surface area contributed by atoms with Crippen molar-refractivity contribution in [3.8, 4) is 6.07 Å². The second kappa shape index (κ2) is 5.56. The van der Waals surface area contributed by atoms with Crippen molar-refractivity contribution < 1.29 is 37.7 Å². The van der Waals surface area contributed by atoms with Gasteiger partial charge in [0, 0.05) is 6.42 Å². The highest BCUT2D eigenvalue weighted by molar-refractivity contribution is 6.23. The van der Waals surface area contributed by atoms with Gasteiger partial charge in [-0.3, -0.25) is 9.59 Å². The summed E-state index contributed by atoms with van der Waals surface area (Å²) < 4.78 is 45.8. The number of ether oxygens (including phenoxy) is 1. The van der Waals surface area contributed by atoms with Crippen LogP contribution in [0.15, 0.2) is 18.2 Å². The number of fused-ring (bicyclic) bond motifs is 5. The van der Waals surface area contributed by atoms with Gasteiger partial charge in [0.25, 0.3) is 0 Å². The smallest absolute Gasteiger partial charge is 0.393 e. The summed E-state index contributed by atoms with van der Waals surface area (Å²) >= 11 is 0. The van der Waals surface area contributed by atoms with Crippen molar-refractivity contribution in [1.82, 2.24) is 0 Å². The SMILES string of the molecule is CC12C[C@@](O)(CO)C(C)(O1)[C@@H]1C(=O)N(c3ccc(C#N)c(C(F)(F)F)c3)C(=O)[C@@H]12. The summed E-state index contributed by atoms with van der Waals surface area (Å²) in [5.74, 6) is -3.70. The molecule has 0 radical (unpaired) electrons. The Morgan fingerprint density at radius 3 is 2.45 bits per heavy atom. The van der Waals surface area contributed by atoms with Crippen LogP contribution in [0.4, 0.5) is 18.9 Å². The highest BCUT2D eigenvalue weighted by Crippen LogP contribution is 2.64. The first-order valence-corrected chi connectivity index (χ1v) is 8.85. The molecule has 3 heterocycles. The molecule has 3 fully saturated rings. The second-order valence-electron chi connectivity index (χ2n) is 8.19. The molecule has 4 rings (SSSR count). The maximum absolute atomic E-state index is 13.3. The highest BCUT2D eigenvalue weighted by Gasteiger charge is 2.80. The standard InChI is InChI=1S/C19H17F3N2O5/c1-16-7-18(28,8-25)17(2,29-16)13-12(16)14(26)24(15(13)27)10-4-3-9(6-23)11(5-10)19(20,21)22/h3-5,12-13,25,28H,7-8H2,1-2H3/t12-,13+,16?,17?,18-/m1/s1. The molecule has 5 atom stereocenters. The molecule has 0 aromatic heterocycles. The Bertz CT molecular complexity index is 989. The van der Waals surface area contributed by atoms with Crippen LogP contribution >= 0.6 is 0 Å². The lowest BCUT2D eigenvalue weighted by Gasteiger charge is -2.41. The minimum absolute atomic E-state index is 0.0950. The van der Waals surface area contributed by atoms with Gasteiger partial charge < -0.3 is 14.9 Å². The van der Waals surface area contributed by atoms with Gasteiger partial charge in [0.05, 0.1) is 46.9 Å². The molecule has 2 N–H and O–H groups in total. The Labute approximate surface area is 163 Å². The summed E-state index contributed by atoms with van der Waals surface area (Å²) in [7, 11) is 0. The maximum atomic E-state index is 13.3. The lowest BCUT2D eigenvalue weighted by Crippen LogP contribution is -2.60. The molecule has 3 saturated heterocycles. The number of amides is 2. The van der Waals surface area contributed by atoms with E-state index in [4.69, 9.17) is 10.00 Å². The van der Waals surface area contributed by atoms with E-state index in [0.717, 1.165) is 12.1 Å². The minimum atomic E-state index is -4.85. The fourth-order valence-corrected chi connectivity index (χ4v) is 5.21. The number of hydrogen-bond donors (Lipinski definition) is 2. The number of anilines is 1. The van der Waals surface area contributed by atoms with E-state index >= 15 is 0 Å². The number of hydrogen-bond acceptors (Lipinski definition) is 6. The fraction of sp³-hybridized carbons (Fsp3) is 0.526. The van der Waals surface area contributed by atoms with E-state index in [9.17, 15) is 33.0 Å². The predicted molar refractivity (Wildman–Crippen MR) is 90.2 cm³/mol. The van der Waals surface area contributed by atoms with Crippen molar-refractivity contribution in [3.05, 3.63) is 29.3 Å². The Hall–Kier alpha value is -2.48. The number of carbonyl (C=O) groups excluding carboxylic acids is 2. The van der Waals surface area contributed by atoms with Crippen LogP contribution in [0.5, 0.6) is 0 Å². The van der Waals surface area contributed by atoms with E-state index in [1.54, 1.807) is 0 Å². The highest BCUT2D eigenvalue weighted by atomic mass is 19.4. The molecule has 29 heavy (non-hydrogen) atoms. The van der Waals surface area contributed by atoms with Crippen molar-refractivity contribution in [2.45, 2.75) is 43.2 Å². The molecule has 10 heteroatoms.